The van der Waals surface area contributed by atoms with E-state index >= 15 is 0 Å². The van der Waals surface area contributed by atoms with Gasteiger partial charge in [0.25, 0.3) is 0 Å². The van der Waals surface area contributed by atoms with Crippen LogP contribution in [0.15, 0.2) is 53.5 Å². The third kappa shape index (κ3) is 4.99. The molecule has 1 aromatic rings. The van der Waals surface area contributed by atoms with E-state index in [0.29, 0.717) is 0 Å². The lowest BCUT2D eigenvalue weighted by Crippen LogP contribution is -2.24. The van der Waals surface area contributed by atoms with Crippen molar-refractivity contribution in [2.24, 2.45) is 5.14 Å². The number of nitrogens with one attached hydrogen (secondary N) is 1. The summed E-state index contributed by atoms with van der Waals surface area (Å²) in [5, 5.41) is 7.79. The van der Waals surface area contributed by atoms with Gasteiger partial charge >= 0.3 is 0 Å². The molecule has 0 heterocycles. The lowest BCUT2D eigenvalue weighted by Gasteiger charge is -2.13. The molecule has 0 aliphatic heterocycles. The number of amides is 1. The first kappa shape index (κ1) is 16.1. The highest BCUT2D eigenvalue weighted by Crippen LogP contribution is 2.15. The highest BCUT2D eigenvalue weighted by molar-refractivity contribution is 7.89. The van der Waals surface area contributed by atoms with Crippen LogP contribution in [-0.2, 0) is 14.8 Å². The van der Waals surface area contributed by atoms with Crippen molar-refractivity contribution in [2.75, 3.05) is 0 Å². The molecule has 1 amide bonds. The number of allylic oxidation sites excluding steroid dienone is 3. The average Bonchev–Trinajstić information content (AvgIpc) is 2.38. The number of sulfonamides is 1. The van der Waals surface area contributed by atoms with Crippen molar-refractivity contribution < 1.29 is 13.2 Å². The molecule has 0 aromatic heterocycles. The predicted octanol–water partition coefficient (Wildman–Crippen LogP) is 1.64. The Morgan fingerprint density at radius 1 is 1.25 bits per heavy atom. The molecule has 1 rings (SSSR count). The summed E-state index contributed by atoms with van der Waals surface area (Å²) in [7, 11) is -3.69. The van der Waals surface area contributed by atoms with E-state index in [1.165, 1.54) is 18.2 Å². The molecule has 20 heavy (non-hydrogen) atoms. The molecule has 0 aliphatic rings. The van der Waals surface area contributed by atoms with Gasteiger partial charge in [0, 0.05) is 6.08 Å². The van der Waals surface area contributed by atoms with Gasteiger partial charge in [0.05, 0.1) is 10.9 Å². The third-order valence-electron chi connectivity index (χ3n) is 2.62. The van der Waals surface area contributed by atoms with Crippen LogP contribution in [0.5, 0.6) is 0 Å². The molecule has 1 aromatic carbocycles. The Balaban J connectivity index is 2.73. The van der Waals surface area contributed by atoms with Crippen LogP contribution in [0.4, 0.5) is 0 Å². The minimum atomic E-state index is -3.69. The molecule has 0 spiro atoms. The first-order valence-corrected chi connectivity index (χ1v) is 7.62. The fourth-order valence-corrected chi connectivity index (χ4v) is 2.06. The maximum atomic E-state index is 11.6. The summed E-state index contributed by atoms with van der Waals surface area (Å²) in [5.74, 6) is -0.217. The minimum Gasteiger partial charge on any atom is -0.346 e. The van der Waals surface area contributed by atoms with Gasteiger partial charge in [-0.1, -0.05) is 30.4 Å². The van der Waals surface area contributed by atoms with Crippen molar-refractivity contribution in [3.05, 3.63) is 54.1 Å². The van der Waals surface area contributed by atoms with Crippen LogP contribution < -0.4 is 10.5 Å². The van der Waals surface area contributed by atoms with Crippen LogP contribution >= 0.6 is 0 Å². The Morgan fingerprint density at radius 2 is 1.85 bits per heavy atom. The summed E-state index contributed by atoms with van der Waals surface area (Å²) in [6.07, 6.45) is 6.64. The smallest absolute Gasteiger partial charge is 0.244 e. The quantitative estimate of drug-likeness (QED) is 0.639. The zero-order valence-electron chi connectivity index (χ0n) is 11.4. The highest BCUT2D eigenvalue weighted by atomic mass is 32.2. The van der Waals surface area contributed by atoms with Crippen LogP contribution in [0.3, 0.4) is 0 Å². The summed E-state index contributed by atoms with van der Waals surface area (Å²) in [4.78, 5) is 11.6. The van der Waals surface area contributed by atoms with Gasteiger partial charge in [0.2, 0.25) is 15.9 Å². The van der Waals surface area contributed by atoms with E-state index in [1.54, 1.807) is 24.3 Å². The zero-order chi connectivity index (χ0) is 15.2. The van der Waals surface area contributed by atoms with Gasteiger partial charge in [0.1, 0.15) is 0 Å². The van der Waals surface area contributed by atoms with Crippen LogP contribution in [-0.4, -0.2) is 14.3 Å². The Morgan fingerprint density at radius 3 is 2.35 bits per heavy atom. The summed E-state index contributed by atoms with van der Waals surface area (Å²) < 4.78 is 22.3. The molecule has 108 valence electrons. The van der Waals surface area contributed by atoms with Crippen molar-refractivity contribution in [1.29, 1.82) is 0 Å². The van der Waals surface area contributed by atoms with Gasteiger partial charge in [0.15, 0.2) is 0 Å². The molecule has 1 atom stereocenters. The van der Waals surface area contributed by atoms with E-state index < -0.39 is 10.0 Å². The van der Waals surface area contributed by atoms with Crippen molar-refractivity contribution >= 4 is 15.9 Å². The van der Waals surface area contributed by atoms with Crippen molar-refractivity contribution in [3.63, 3.8) is 0 Å². The highest BCUT2D eigenvalue weighted by Gasteiger charge is 2.10. The van der Waals surface area contributed by atoms with Crippen LogP contribution in [0.1, 0.15) is 25.5 Å². The maximum absolute atomic E-state index is 11.6. The average molecular weight is 294 g/mol. The van der Waals surface area contributed by atoms with Gasteiger partial charge in [-0.25, -0.2) is 13.6 Å². The Hall–Kier alpha value is -1.92. The second-order valence-corrected chi connectivity index (χ2v) is 5.79. The molecule has 0 bridgehead atoms. The Kier molecular flexibility index (Phi) is 5.66. The second kappa shape index (κ2) is 7.02. The van der Waals surface area contributed by atoms with Gasteiger partial charge in [-0.3, -0.25) is 4.79 Å². The molecule has 5 nitrogen and oxygen atoms in total. The topological polar surface area (TPSA) is 89.3 Å². The SMILES string of the molecule is CC=CC=CC(=O)NC(C)c1ccc(S(N)(=O)=O)cc1. The van der Waals surface area contributed by atoms with Gasteiger partial charge in [-0.15, -0.1) is 0 Å². The summed E-state index contributed by atoms with van der Waals surface area (Å²) in [5.41, 5.74) is 0.796. The van der Waals surface area contributed by atoms with Crippen LogP contribution in [0.25, 0.3) is 0 Å². The first-order valence-electron chi connectivity index (χ1n) is 6.07. The molecule has 0 saturated heterocycles. The standard InChI is InChI=1S/C14H18N2O3S/c1-3-4-5-6-14(17)16-11(2)12-7-9-13(10-8-12)20(15,18)19/h3-11H,1-2H3,(H,16,17)(H2,15,18,19). The molecule has 0 radical (unpaired) electrons. The largest absolute Gasteiger partial charge is 0.346 e. The molecular formula is C14H18N2O3S. The molecule has 6 heteroatoms. The van der Waals surface area contributed by atoms with Crippen molar-refractivity contribution in [1.82, 2.24) is 5.32 Å². The summed E-state index contributed by atoms with van der Waals surface area (Å²) in [6, 6.07) is 5.86. The van der Waals surface area contributed by atoms with Crippen LogP contribution in [0, 0.1) is 0 Å². The fraction of sp³-hybridized carbons (Fsp3) is 0.214. The Bertz CT molecular complexity index is 616. The first-order chi connectivity index (χ1) is 9.34. The van der Waals surface area contributed by atoms with E-state index in [-0.39, 0.29) is 16.8 Å². The Labute approximate surface area is 119 Å². The molecule has 3 N–H and O–H groups in total. The molecule has 0 fully saturated rings. The third-order valence-corrected chi connectivity index (χ3v) is 3.55. The van der Waals surface area contributed by atoms with Crippen molar-refractivity contribution in [3.8, 4) is 0 Å². The number of rotatable bonds is 5. The summed E-state index contributed by atoms with van der Waals surface area (Å²) in [6.45, 7) is 3.67. The number of primary sulfonamides is 1. The van der Waals surface area contributed by atoms with E-state index in [0.717, 1.165) is 5.56 Å². The van der Waals surface area contributed by atoms with Gasteiger partial charge < -0.3 is 5.32 Å². The fourth-order valence-electron chi connectivity index (χ4n) is 1.55. The number of nitrogens with two attached hydrogens (primary N) is 1. The van der Waals surface area contributed by atoms with E-state index in [4.69, 9.17) is 5.14 Å². The van der Waals surface area contributed by atoms with Crippen molar-refractivity contribution in [2.45, 2.75) is 24.8 Å². The van der Waals surface area contributed by atoms with Gasteiger partial charge in [-0.05, 0) is 31.5 Å². The van der Waals surface area contributed by atoms with E-state index in [9.17, 15) is 13.2 Å². The number of carbonyl (C=O) groups is 1. The van der Waals surface area contributed by atoms with E-state index in [1.807, 2.05) is 19.9 Å². The lowest BCUT2D eigenvalue weighted by atomic mass is 10.1. The molecule has 1 unspecified atom stereocenters. The number of hydrogen-bond donors (Lipinski definition) is 2. The molecule has 0 saturated carbocycles. The zero-order valence-corrected chi connectivity index (χ0v) is 12.2. The van der Waals surface area contributed by atoms with Gasteiger partial charge in [-0.2, -0.15) is 0 Å². The number of benzene rings is 1. The summed E-state index contributed by atoms with van der Waals surface area (Å²) >= 11 is 0. The van der Waals surface area contributed by atoms with Crippen LogP contribution in [0.2, 0.25) is 0 Å². The molecule has 0 aliphatic carbocycles. The predicted molar refractivity (Wildman–Crippen MR) is 78.3 cm³/mol. The molecular weight excluding hydrogens is 276 g/mol. The number of carbonyl (C=O) groups excluding carboxylic acids is 1. The number of hydrogen-bond acceptors (Lipinski definition) is 3. The van der Waals surface area contributed by atoms with E-state index in [2.05, 4.69) is 5.32 Å². The normalized spacial score (nSPS) is 13.8. The monoisotopic (exact) mass is 294 g/mol. The lowest BCUT2D eigenvalue weighted by molar-refractivity contribution is -0.117. The minimum absolute atomic E-state index is 0.0488. The second-order valence-electron chi connectivity index (χ2n) is 4.23. The maximum Gasteiger partial charge on any atom is 0.244 e.